The highest BCUT2D eigenvalue weighted by Crippen LogP contribution is 2.03. The van der Waals surface area contributed by atoms with Gasteiger partial charge in [0.1, 0.15) is 0 Å². The summed E-state index contributed by atoms with van der Waals surface area (Å²) in [5, 5.41) is 8.93. The van der Waals surface area contributed by atoms with Crippen molar-refractivity contribution in [3.63, 3.8) is 0 Å². The summed E-state index contributed by atoms with van der Waals surface area (Å²) in [7, 11) is 0. The molecule has 18 heavy (non-hydrogen) atoms. The van der Waals surface area contributed by atoms with Crippen molar-refractivity contribution in [3.05, 3.63) is 22.9 Å². The van der Waals surface area contributed by atoms with Crippen molar-refractivity contribution in [2.45, 2.75) is 45.9 Å². The van der Waals surface area contributed by atoms with Crippen LogP contribution in [0.25, 0.3) is 0 Å². The van der Waals surface area contributed by atoms with Crippen LogP contribution < -0.4 is 5.69 Å². The first-order chi connectivity index (χ1) is 8.47. The van der Waals surface area contributed by atoms with E-state index in [0.29, 0.717) is 13.2 Å². The molecule has 102 valence electrons. The predicted molar refractivity (Wildman–Crippen MR) is 66.7 cm³/mol. The fraction of sp³-hybridized carbons (Fsp3) is 0.667. The first-order valence-electron chi connectivity index (χ1n) is 6.09. The van der Waals surface area contributed by atoms with E-state index in [1.807, 2.05) is 13.8 Å². The molecule has 6 heteroatoms. The Kier molecular flexibility index (Phi) is 5.15. The lowest BCUT2D eigenvalue weighted by Crippen LogP contribution is -2.29. The van der Waals surface area contributed by atoms with Gasteiger partial charge in [-0.15, -0.1) is 0 Å². The molecule has 0 fully saturated rings. The monoisotopic (exact) mass is 256 g/mol. The van der Waals surface area contributed by atoms with Crippen molar-refractivity contribution in [1.82, 2.24) is 9.13 Å². The number of hydrogen-bond donors (Lipinski definition) is 1. The normalized spacial score (nSPS) is 12.9. The largest absolute Gasteiger partial charge is 0.479 e. The zero-order chi connectivity index (χ0) is 13.7. The molecule has 0 aliphatic carbocycles. The second-order valence-electron chi connectivity index (χ2n) is 4.35. The molecule has 1 N–H and O–H groups in total. The average Bonchev–Trinajstić information content (AvgIpc) is 2.65. The van der Waals surface area contributed by atoms with Crippen molar-refractivity contribution in [2.24, 2.45) is 0 Å². The Bertz CT molecular complexity index is 447. The Labute approximate surface area is 106 Å². The SMILES string of the molecule is CCOC(CCn1ccn(C(C)C)c1=O)C(=O)O. The summed E-state index contributed by atoms with van der Waals surface area (Å²) in [6.45, 7) is 6.28. The highest BCUT2D eigenvalue weighted by Gasteiger charge is 2.17. The third-order valence-corrected chi connectivity index (χ3v) is 2.71. The Morgan fingerprint density at radius 3 is 2.56 bits per heavy atom. The fourth-order valence-corrected chi connectivity index (χ4v) is 1.73. The number of aromatic nitrogens is 2. The van der Waals surface area contributed by atoms with Crippen molar-refractivity contribution < 1.29 is 14.6 Å². The maximum Gasteiger partial charge on any atom is 0.332 e. The van der Waals surface area contributed by atoms with Crippen molar-refractivity contribution in [3.8, 4) is 0 Å². The number of carboxylic acids is 1. The standard InChI is InChI=1S/C12H20N2O4/c1-4-18-10(11(15)16)5-6-13-7-8-14(9(2)3)12(13)17/h7-10H,4-6H2,1-3H3,(H,15,16). The van der Waals surface area contributed by atoms with Crippen LogP contribution in [0.2, 0.25) is 0 Å². The molecule has 0 saturated carbocycles. The molecule has 1 atom stereocenters. The van der Waals surface area contributed by atoms with Crippen molar-refractivity contribution >= 4 is 5.97 Å². The van der Waals surface area contributed by atoms with Gasteiger partial charge in [-0.05, 0) is 20.8 Å². The summed E-state index contributed by atoms with van der Waals surface area (Å²) in [6.07, 6.45) is 2.81. The van der Waals surface area contributed by atoms with Crippen LogP contribution in [0.5, 0.6) is 0 Å². The van der Waals surface area contributed by atoms with Crippen LogP contribution in [0.15, 0.2) is 17.2 Å². The Hall–Kier alpha value is -1.56. The molecule has 1 heterocycles. The van der Waals surface area contributed by atoms with Crippen molar-refractivity contribution in [2.75, 3.05) is 6.61 Å². The van der Waals surface area contributed by atoms with Gasteiger partial charge in [0.2, 0.25) is 0 Å². The molecule has 0 aliphatic rings. The number of rotatable bonds is 7. The van der Waals surface area contributed by atoms with E-state index in [1.165, 1.54) is 4.57 Å². The fourth-order valence-electron chi connectivity index (χ4n) is 1.73. The van der Waals surface area contributed by atoms with Gasteiger partial charge in [-0.3, -0.25) is 9.13 Å². The smallest absolute Gasteiger partial charge is 0.332 e. The quantitative estimate of drug-likeness (QED) is 0.793. The second kappa shape index (κ2) is 6.39. The van der Waals surface area contributed by atoms with Gasteiger partial charge in [0.15, 0.2) is 6.10 Å². The summed E-state index contributed by atoms with van der Waals surface area (Å²) < 4.78 is 8.21. The Morgan fingerprint density at radius 2 is 2.11 bits per heavy atom. The third kappa shape index (κ3) is 3.46. The van der Waals surface area contributed by atoms with E-state index in [-0.39, 0.29) is 18.2 Å². The van der Waals surface area contributed by atoms with E-state index >= 15 is 0 Å². The Morgan fingerprint density at radius 1 is 1.44 bits per heavy atom. The summed E-state index contributed by atoms with van der Waals surface area (Å²) in [5.41, 5.74) is -0.120. The number of carbonyl (C=O) groups is 1. The second-order valence-corrected chi connectivity index (χ2v) is 4.35. The molecular weight excluding hydrogens is 236 g/mol. The maximum absolute atomic E-state index is 11.9. The number of nitrogens with zero attached hydrogens (tertiary/aromatic N) is 2. The topological polar surface area (TPSA) is 73.5 Å². The van der Waals surface area contributed by atoms with Crippen LogP contribution in [-0.2, 0) is 16.1 Å². The van der Waals surface area contributed by atoms with Crippen LogP contribution in [0, 0.1) is 0 Å². The summed E-state index contributed by atoms with van der Waals surface area (Å²) in [4.78, 5) is 22.8. The number of aliphatic carboxylic acids is 1. The molecule has 0 bridgehead atoms. The van der Waals surface area contributed by atoms with Crippen molar-refractivity contribution in [1.29, 1.82) is 0 Å². The minimum absolute atomic E-state index is 0.0981. The molecule has 0 radical (unpaired) electrons. The van der Waals surface area contributed by atoms with Crippen LogP contribution in [0.4, 0.5) is 0 Å². The zero-order valence-corrected chi connectivity index (χ0v) is 11.0. The van der Waals surface area contributed by atoms with Crippen LogP contribution in [0.3, 0.4) is 0 Å². The lowest BCUT2D eigenvalue weighted by molar-refractivity contribution is -0.150. The maximum atomic E-state index is 11.9. The molecule has 1 rings (SSSR count). The van der Waals surface area contributed by atoms with E-state index in [9.17, 15) is 9.59 Å². The van der Waals surface area contributed by atoms with Crippen LogP contribution in [-0.4, -0.2) is 32.9 Å². The van der Waals surface area contributed by atoms with Gasteiger partial charge < -0.3 is 9.84 Å². The summed E-state index contributed by atoms with van der Waals surface area (Å²) in [5.74, 6) is -0.992. The zero-order valence-electron chi connectivity index (χ0n) is 11.0. The van der Waals surface area contributed by atoms with Gasteiger partial charge in [0.05, 0.1) is 0 Å². The first kappa shape index (κ1) is 14.5. The van der Waals surface area contributed by atoms with E-state index in [2.05, 4.69) is 0 Å². The number of carboxylic acid groups (broad SMARTS) is 1. The van der Waals surface area contributed by atoms with E-state index in [1.54, 1.807) is 23.9 Å². The lowest BCUT2D eigenvalue weighted by Gasteiger charge is -2.12. The van der Waals surface area contributed by atoms with E-state index < -0.39 is 12.1 Å². The molecule has 1 aromatic rings. The molecule has 0 aromatic carbocycles. The molecule has 0 saturated heterocycles. The molecule has 6 nitrogen and oxygen atoms in total. The molecule has 1 aromatic heterocycles. The first-order valence-corrected chi connectivity index (χ1v) is 6.09. The van der Waals surface area contributed by atoms with Crippen LogP contribution in [0.1, 0.15) is 33.2 Å². The minimum Gasteiger partial charge on any atom is -0.479 e. The van der Waals surface area contributed by atoms with Gasteiger partial charge in [-0.1, -0.05) is 0 Å². The number of aryl methyl sites for hydroxylation is 1. The molecule has 0 amide bonds. The molecule has 0 aliphatic heterocycles. The number of ether oxygens (including phenoxy) is 1. The van der Waals surface area contributed by atoms with Gasteiger partial charge in [-0.25, -0.2) is 9.59 Å². The van der Waals surface area contributed by atoms with Gasteiger partial charge in [0.25, 0.3) is 0 Å². The van der Waals surface area contributed by atoms with Gasteiger partial charge in [0, 0.05) is 38.0 Å². The van der Waals surface area contributed by atoms with Gasteiger partial charge in [-0.2, -0.15) is 0 Å². The average molecular weight is 256 g/mol. The highest BCUT2D eigenvalue weighted by molar-refractivity contribution is 5.72. The third-order valence-electron chi connectivity index (χ3n) is 2.71. The number of imidazole rings is 1. The molecular formula is C12H20N2O4. The summed E-state index contributed by atoms with van der Waals surface area (Å²) in [6, 6.07) is 0.0981. The Balaban J connectivity index is 2.68. The summed E-state index contributed by atoms with van der Waals surface area (Å²) >= 11 is 0. The van der Waals surface area contributed by atoms with E-state index in [0.717, 1.165) is 0 Å². The minimum atomic E-state index is -0.992. The van der Waals surface area contributed by atoms with E-state index in [4.69, 9.17) is 9.84 Å². The molecule has 1 unspecified atom stereocenters. The predicted octanol–water partition coefficient (Wildman–Crippen LogP) is 1.11. The lowest BCUT2D eigenvalue weighted by atomic mass is 10.2. The molecule has 0 spiro atoms. The number of hydrogen-bond acceptors (Lipinski definition) is 3. The highest BCUT2D eigenvalue weighted by atomic mass is 16.5. The van der Waals surface area contributed by atoms with Gasteiger partial charge >= 0.3 is 11.7 Å². The van der Waals surface area contributed by atoms with Crippen LogP contribution >= 0.6 is 0 Å².